The monoisotopic (exact) mass is 638 g/mol. The van der Waals surface area contributed by atoms with Crippen LogP contribution < -0.4 is 4.90 Å². The second-order valence-electron chi connectivity index (χ2n) is 10.9. The maximum atomic E-state index is 14.1. The maximum absolute atomic E-state index is 14.1. The second kappa shape index (κ2) is 13.4. The van der Waals surface area contributed by atoms with E-state index in [0.717, 1.165) is 46.4 Å². The Hall–Kier alpha value is -4.24. The van der Waals surface area contributed by atoms with Crippen molar-refractivity contribution in [2.45, 2.75) is 58.3 Å². The van der Waals surface area contributed by atoms with E-state index in [-0.39, 0.29) is 11.9 Å². The number of hydrogen-bond acceptors (Lipinski definition) is 6. The van der Waals surface area contributed by atoms with Crippen LogP contribution >= 0.6 is 15.9 Å². The zero-order chi connectivity index (χ0) is 29.6. The number of halogens is 1. The molecule has 3 aromatic carbocycles. The van der Waals surface area contributed by atoms with Gasteiger partial charge in [-0.2, -0.15) is 0 Å². The quantitative estimate of drug-likeness (QED) is 0.195. The molecular formula is C34H35BrN6O2. The summed E-state index contributed by atoms with van der Waals surface area (Å²) in [7, 11) is 0. The smallest absolute Gasteiger partial charge is 0.255 e. The van der Waals surface area contributed by atoms with Crippen LogP contribution in [0.4, 0.5) is 5.88 Å². The van der Waals surface area contributed by atoms with Gasteiger partial charge in [-0.05, 0) is 58.5 Å². The molecule has 0 saturated carbocycles. The summed E-state index contributed by atoms with van der Waals surface area (Å²) >= 11 is 3.60. The van der Waals surface area contributed by atoms with Crippen LogP contribution in [0, 0.1) is 0 Å². The minimum Gasteiger partial charge on any atom is -0.423 e. The van der Waals surface area contributed by atoms with Gasteiger partial charge in [0, 0.05) is 30.5 Å². The number of anilines is 1. The van der Waals surface area contributed by atoms with Crippen LogP contribution in [0.25, 0.3) is 0 Å². The highest BCUT2D eigenvalue weighted by Gasteiger charge is 2.32. The lowest BCUT2D eigenvalue weighted by Gasteiger charge is -2.30. The van der Waals surface area contributed by atoms with E-state index in [0.29, 0.717) is 49.8 Å². The van der Waals surface area contributed by atoms with E-state index < -0.39 is 0 Å². The number of carbonyl (C=O) groups is 1. The van der Waals surface area contributed by atoms with Gasteiger partial charge < -0.3 is 14.2 Å². The van der Waals surface area contributed by atoms with E-state index in [9.17, 15) is 4.79 Å². The van der Waals surface area contributed by atoms with E-state index in [1.54, 1.807) is 0 Å². The van der Waals surface area contributed by atoms with E-state index in [4.69, 9.17) is 9.40 Å². The van der Waals surface area contributed by atoms with Crippen molar-refractivity contribution >= 4 is 27.7 Å². The Balaban J connectivity index is 1.47. The van der Waals surface area contributed by atoms with Crippen LogP contribution in [-0.4, -0.2) is 37.3 Å². The Labute approximate surface area is 260 Å². The fourth-order valence-electron chi connectivity index (χ4n) is 5.65. The Morgan fingerprint density at radius 2 is 1.63 bits per heavy atom. The maximum Gasteiger partial charge on any atom is 0.255 e. The van der Waals surface area contributed by atoms with Crippen LogP contribution in [0.2, 0.25) is 0 Å². The largest absolute Gasteiger partial charge is 0.423 e. The SMILES string of the molecule is CCC1c2nc(Cc3ccccc3)c(o2)N(Cc2ccccc2)Cc2cn(nn2)CCCCN1C(=O)c1ccccc1Br. The summed E-state index contributed by atoms with van der Waals surface area (Å²) < 4.78 is 9.44. The number of benzene rings is 3. The molecule has 1 aliphatic heterocycles. The molecule has 4 bridgehead atoms. The highest BCUT2D eigenvalue weighted by molar-refractivity contribution is 9.10. The number of aryl methyl sites for hydroxylation is 1. The van der Waals surface area contributed by atoms with Gasteiger partial charge in [0.15, 0.2) is 0 Å². The predicted molar refractivity (Wildman–Crippen MR) is 170 cm³/mol. The fraction of sp³-hybridized carbons (Fsp3) is 0.294. The summed E-state index contributed by atoms with van der Waals surface area (Å²) in [5.41, 5.74) is 4.63. The summed E-state index contributed by atoms with van der Waals surface area (Å²) in [6.07, 6.45) is 4.96. The van der Waals surface area contributed by atoms with Crippen molar-refractivity contribution in [2.75, 3.05) is 11.4 Å². The van der Waals surface area contributed by atoms with E-state index in [1.165, 1.54) is 0 Å². The molecule has 1 aliphatic rings. The fourth-order valence-corrected chi connectivity index (χ4v) is 6.10. The number of carbonyl (C=O) groups excluding carboxylic acids is 1. The molecule has 220 valence electrons. The van der Waals surface area contributed by atoms with Gasteiger partial charge in [-0.3, -0.25) is 9.48 Å². The highest BCUT2D eigenvalue weighted by atomic mass is 79.9. The van der Waals surface area contributed by atoms with Gasteiger partial charge in [0.1, 0.15) is 17.4 Å². The molecule has 43 heavy (non-hydrogen) atoms. The Morgan fingerprint density at radius 1 is 0.930 bits per heavy atom. The number of rotatable bonds is 6. The Morgan fingerprint density at radius 3 is 2.37 bits per heavy atom. The van der Waals surface area contributed by atoms with Gasteiger partial charge in [-0.25, -0.2) is 4.98 Å². The topological polar surface area (TPSA) is 80.3 Å². The van der Waals surface area contributed by atoms with Crippen molar-refractivity contribution in [3.63, 3.8) is 0 Å². The van der Waals surface area contributed by atoms with Crippen LogP contribution in [0.15, 0.2) is 100 Å². The van der Waals surface area contributed by atoms with Crippen molar-refractivity contribution in [3.8, 4) is 0 Å². The van der Waals surface area contributed by atoms with Crippen molar-refractivity contribution in [1.82, 2.24) is 24.9 Å². The molecule has 5 aromatic rings. The van der Waals surface area contributed by atoms with E-state index >= 15 is 0 Å². The van der Waals surface area contributed by atoms with Gasteiger partial charge in [-0.1, -0.05) is 84.9 Å². The van der Waals surface area contributed by atoms with Crippen LogP contribution in [0.3, 0.4) is 0 Å². The van der Waals surface area contributed by atoms with Crippen LogP contribution in [-0.2, 0) is 26.1 Å². The molecule has 0 fully saturated rings. The van der Waals surface area contributed by atoms with Crippen molar-refractivity contribution in [3.05, 3.63) is 130 Å². The highest BCUT2D eigenvalue weighted by Crippen LogP contribution is 2.35. The van der Waals surface area contributed by atoms with Crippen LogP contribution in [0.5, 0.6) is 0 Å². The number of amides is 1. The van der Waals surface area contributed by atoms with Gasteiger partial charge in [-0.15, -0.1) is 5.10 Å². The third kappa shape index (κ3) is 6.72. The lowest BCUT2D eigenvalue weighted by atomic mass is 10.1. The van der Waals surface area contributed by atoms with E-state index in [2.05, 4.69) is 62.3 Å². The number of fused-ring (bicyclic) bond motifs is 4. The number of aromatic nitrogens is 4. The summed E-state index contributed by atoms with van der Waals surface area (Å²) in [6, 6.07) is 27.9. The third-order valence-corrected chi connectivity index (χ3v) is 8.49. The predicted octanol–water partition coefficient (Wildman–Crippen LogP) is 7.21. The minimum atomic E-state index is -0.324. The standard InChI is InChI=1S/C34H35BrN6O2/c1-2-31-32-36-30(21-25-13-5-3-6-14-25)34(43-32)39(22-26-15-7-4-8-16-26)23-27-24-40(38-37-27)19-11-12-20-41(31)33(42)28-17-9-10-18-29(28)35/h3-10,13-18,24,31H,2,11-12,19-23H2,1H3. The summed E-state index contributed by atoms with van der Waals surface area (Å²) in [4.78, 5) is 23.4. The zero-order valence-corrected chi connectivity index (χ0v) is 25.9. The third-order valence-electron chi connectivity index (χ3n) is 7.80. The first-order chi connectivity index (χ1) is 21.1. The van der Waals surface area contributed by atoms with Gasteiger partial charge in [0.25, 0.3) is 5.91 Å². The molecule has 2 aromatic heterocycles. The molecule has 1 amide bonds. The van der Waals surface area contributed by atoms with Crippen molar-refractivity contribution in [1.29, 1.82) is 0 Å². The minimum absolute atomic E-state index is 0.0417. The summed E-state index contributed by atoms with van der Waals surface area (Å²) in [5, 5.41) is 8.91. The lowest BCUT2D eigenvalue weighted by molar-refractivity contribution is 0.0634. The van der Waals surface area contributed by atoms with E-state index in [1.807, 2.05) is 76.4 Å². The molecule has 1 atom stereocenters. The first kappa shape index (κ1) is 28.9. The molecule has 0 spiro atoms. The van der Waals surface area contributed by atoms with Gasteiger partial charge >= 0.3 is 0 Å². The second-order valence-corrected chi connectivity index (χ2v) is 11.7. The molecule has 3 heterocycles. The summed E-state index contributed by atoms with van der Waals surface area (Å²) in [5.74, 6) is 1.21. The van der Waals surface area contributed by atoms with Crippen molar-refractivity contribution < 1.29 is 9.21 Å². The lowest BCUT2D eigenvalue weighted by Crippen LogP contribution is -2.36. The average Bonchev–Trinajstić information content (AvgIpc) is 3.65. The van der Waals surface area contributed by atoms with Crippen molar-refractivity contribution in [2.24, 2.45) is 0 Å². The summed E-state index contributed by atoms with van der Waals surface area (Å²) in [6.45, 7) is 4.52. The molecule has 0 N–H and O–H groups in total. The number of nitrogens with zero attached hydrogens (tertiary/aromatic N) is 6. The molecular weight excluding hydrogens is 604 g/mol. The first-order valence-corrected chi connectivity index (χ1v) is 15.6. The molecule has 8 nitrogen and oxygen atoms in total. The zero-order valence-electron chi connectivity index (χ0n) is 24.3. The molecule has 9 heteroatoms. The molecule has 1 unspecified atom stereocenters. The number of oxazole rings is 1. The molecule has 0 radical (unpaired) electrons. The molecule has 6 rings (SSSR count). The van der Waals surface area contributed by atoms with Crippen LogP contribution in [0.1, 0.15) is 71.0 Å². The normalized spacial score (nSPS) is 15.7. The Bertz CT molecular complexity index is 1650. The Kier molecular flexibility index (Phi) is 8.98. The molecule has 0 saturated heterocycles. The first-order valence-electron chi connectivity index (χ1n) is 14.9. The number of hydrogen-bond donors (Lipinski definition) is 0. The average molecular weight is 640 g/mol. The van der Waals surface area contributed by atoms with Gasteiger partial charge in [0.2, 0.25) is 11.8 Å². The van der Waals surface area contributed by atoms with Gasteiger partial charge in [0.05, 0.1) is 18.3 Å². The molecule has 0 aliphatic carbocycles.